The van der Waals surface area contributed by atoms with Gasteiger partial charge in [0.05, 0.1) is 11.1 Å². The number of amides is 1. The number of carbonyl (C=O) groups is 2. The quantitative estimate of drug-likeness (QED) is 0.847. The third-order valence-electron chi connectivity index (χ3n) is 6.50. The zero-order valence-corrected chi connectivity index (χ0v) is 15.7. The molecule has 142 valence electrons. The van der Waals surface area contributed by atoms with Crippen molar-refractivity contribution in [3.8, 4) is 11.3 Å². The number of benzene rings is 1. The van der Waals surface area contributed by atoms with Crippen LogP contribution in [0.2, 0.25) is 0 Å². The van der Waals surface area contributed by atoms with Crippen LogP contribution in [0, 0.1) is 5.41 Å². The fourth-order valence-electron chi connectivity index (χ4n) is 4.88. The van der Waals surface area contributed by atoms with Crippen LogP contribution in [0.25, 0.3) is 11.3 Å². The Kier molecular flexibility index (Phi) is 4.29. The first-order chi connectivity index (χ1) is 13.0. The highest BCUT2D eigenvalue weighted by Gasteiger charge is 2.60. The maximum Gasteiger partial charge on any atom is 0.311 e. The van der Waals surface area contributed by atoms with Crippen molar-refractivity contribution >= 4 is 11.9 Å². The summed E-state index contributed by atoms with van der Waals surface area (Å²) in [5, 5.41) is 17.0. The van der Waals surface area contributed by atoms with E-state index in [9.17, 15) is 14.7 Å². The van der Waals surface area contributed by atoms with E-state index in [0.29, 0.717) is 18.5 Å². The summed E-state index contributed by atoms with van der Waals surface area (Å²) in [6.07, 6.45) is 3.71. The van der Waals surface area contributed by atoms with Crippen LogP contribution < -0.4 is 0 Å². The number of aryl methyl sites for hydroxylation is 1. The second kappa shape index (κ2) is 6.51. The first kappa shape index (κ1) is 17.8. The predicted octanol–water partition coefficient (Wildman–Crippen LogP) is 3.50. The number of carbonyl (C=O) groups excluding carboxylic acids is 1. The Hall–Kier alpha value is -2.63. The molecule has 4 rings (SSSR count). The molecule has 2 N–H and O–H groups in total. The SMILES string of the molecule is CCc1ccc(-c2cc(C(=O)N3[C@H]4CC[C@@H]3[C@](CC)(C(=O)O)C4)[nH]n2)cc1. The second-order valence-corrected chi connectivity index (χ2v) is 7.70. The van der Waals surface area contributed by atoms with Crippen LogP contribution in [-0.4, -0.2) is 44.2 Å². The maximum atomic E-state index is 13.1. The number of carboxylic acids is 1. The van der Waals surface area contributed by atoms with Crippen LogP contribution in [-0.2, 0) is 11.2 Å². The molecule has 2 bridgehead atoms. The molecule has 3 heterocycles. The van der Waals surface area contributed by atoms with E-state index in [1.807, 2.05) is 19.1 Å². The van der Waals surface area contributed by atoms with Crippen molar-refractivity contribution in [3.63, 3.8) is 0 Å². The number of hydrogen-bond donors (Lipinski definition) is 2. The van der Waals surface area contributed by atoms with Crippen molar-refractivity contribution in [2.24, 2.45) is 5.41 Å². The Morgan fingerprint density at radius 3 is 2.59 bits per heavy atom. The summed E-state index contributed by atoms with van der Waals surface area (Å²) in [6.45, 7) is 4.02. The van der Waals surface area contributed by atoms with Crippen LogP contribution in [0.4, 0.5) is 0 Å². The van der Waals surface area contributed by atoms with Crippen LogP contribution in [0.15, 0.2) is 30.3 Å². The number of fused-ring (bicyclic) bond motifs is 2. The number of aromatic amines is 1. The Morgan fingerprint density at radius 2 is 2.00 bits per heavy atom. The minimum absolute atomic E-state index is 0.00846. The van der Waals surface area contributed by atoms with Gasteiger partial charge < -0.3 is 10.0 Å². The number of hydrogen-bond acceptors (Lipinski definition) is 3. The van der Waals surface area contributed by atoms with Crippen molar-refractivity contribution in [1.82, 2.24) is 15.1 Å². The average Bonchev–Trinajstić information content (AvgIpc) is 3.41. The third-order valence-corrected chi connectivity index (χ3v) is 6.50. The molecule has 2 aromatic rings. The molecule has 6 heteroatoms. The summed E-state index contributed by atoms with van der Waals surface area (Å²) in [5.41, 5.74) is 2.56. The number of nitrogens with zero attached hydrogens (tertiary/aromatic N) is 2. The standard InChI is InChI=1S/C21H25N3O3/c1-3-13-5-7-14(8-6-13)16-11-17(23-22-16)19(25)24-15-9-10-18(24)21(4-2,12-15)20(26)27/h5-8,11,15,18H,3-4,9-10,12H2,1-2H3,(H,22,23)(H,26,27)/t15-,18+,21+/m0/s1. The van der Waals surface area contributed by atoms with E-state index in [0.717, 1.165) is 30.5 Å². The minimum Gasteiger partial charge on any atom is -0.481 e. The Labute approximate surface area is 158 Å². The molecule has 0 spiro atoms. The van der Waals surface area contributed by atoms with Gasteiger partial charge in [-0.1, -0.05) is 38.1 Å². The lowest BCUT2D eigenvalue weighted by molar-refractivity contribution is -0.151. The molecule has 2 fully saturated rings. The van der Waals surface area contributed by atoms with Crippen molar-refractivity contribution in [2.45, 2.75) is 58.0 Å². The van der Waals surface area contributed by atoms with Gasteiger partial charge in [0.15, 0.2) is 0 Å². The lowest BCUT2D eigenvalue weighted by Crippen LogP contribution is -2.44. The maximum absolute atomic E-state index is 13.1. The largest absolute Gasteiger partial charge is 0.481 e. The number of carboxylic acid groups (broad SMARTS) is 1. The van der Waals surface area contributed by atoms with Crippen molar-refractivity contribution in [1.29, 1.82) is 0 Å². The monoisotopic (exact) mass is 367 g/mol. The van der Waals surface area contributed by atoms with Gasteiger partial charge in [-0.05, 0) is 43.7 Å². The zero-order valence-electron chi connectivity index (χ0n) is 15.7. The summed E-state index contributed by atoms with van der Waals surface area (Å²) in [4.78, 5) is 26.9. The molecule has 2 aliphatic rings. The highest BCUT2D eigenvalue weighted by atomic mass is 16.4. The first-order valence-corrected chi connectivity index (χ1v) is 9.71. The number of aliphatic carboxylic acids is 1. The lowest BCUT2D eigenvalue weighted by atomic mass is 9.72. The van der Waals surface area contributed by atoms with Gasteiger partial charge in [0.1, 0.15) is 5.69 Å². The van der Waals surface area contributed by atoms with Crippen LogP contribution in [0.5, 0.6) is 0 Å². The Morgan fingerprint density at radius 1 is 1.26 bits per heavy atom. The molecule has 27 heavy (non-hydrogen) atoms. The number of H-pyrrole nitrogens is 1. The number of aromatic nitrogens is 2. The number of rotatable bonds is 5. The molecule has 0 unspecified atom stereocenters. The van der Waals surface area contributed by atoms with E-state index in [1.165, 1.54) is 5.56 Å². The fraction of sp³-hybridized carbons (Fsp3) is 0.476. The van der Waals surface area contributed by atoms with Crippen LogP contribution in [0.1, 0.15) is 55.6 Å². The van der Waals surface area contributed by atoms with Crippen LogP contribution in [0.3, 0.4) is 0 Å². The molecule has 1 amide bonds. The average molecular weight is 367 g/mol. The third kappa shape index (κ3) is 2.66. The van der Waals surface area contributed by atoms with Crippen molar-refractivity contribution < 1.29 is 14.7 Å². The molecule has 3 atom stereocenters. The van der Waals surface area contributed by atoms with E-state index in [2.05, 4.69) is 29.3 Å². The van der Waals surface area contributed by atoms with Gasteiger partial charge in [-0.25, -0.2) is 0 Å². The molecule has 0 saturated carbocycles. The van der Waals surface area contributed by atoms with Gasteiger partial charge in [-0.3, -0.25) is 14.7 Å². The van der Waals surface area contributed by atoms with E-state index < -0.39 is 11.4 Å². The highest BCUT2D eigenvalue weighted by molar-refractivity contribution is 5.95. The van der Waals surface area contributed by atoms with Gasteiger partial charge in [0.2, 0.25) is 0 Å². The second-order valence-electron chi connectivity index (χ2n) is 7.70. The molecular weight excluding hydrogens is 342 g/mol. The lowest BCUT2D eigenvalue weighted by Gasteiger charge is -2.32. The molecular formula is C21H25N3O3. The predicted molar refractivity (Wildman–Crippen MR) is 101 cm³/mol. The highest BCUT2D eigenvalue weighted by Crippen LogP contribution is 2.52. The minimum atomic E-state index is -0.808. The van der Waals surface area contributed by atoms with Crippen molar-refractivity contribution in [2.75, 3.05) is 0 Å². The van der Waals surface area contributed by atoms with Gasteiger partial charge in [-0.2, -0.15) is 5.10 Å². The molecule has 6 nitrogen and oxygen atoms in total. The summed E-state index contributed by atoms with van der Waals surface area (Å²) in [6, 6.07) is 9.70. The Balaban J connectivity index is 1.59. The molecule has 2 aliphatic heterocycles. The molecule has 1 aromatic carbocycles. The summed E-state index contributed by atoms with van der Waals surface area (Å²) in [5.74, 6) is -0.917. The van der Waals surface area contributed by atoms with Gasteiger partial charge >= 0.3 is 5.97 Å². The van der Waals surface area contributed by atoms with Crippen LogP contribution >= 0.6 is 0 Å². The molecule has 1 aromatic heterocycles. The number of nitrogens with one attached hydrogen (secondary N) is 1. The van der Waals surface area contributed by atoms with E-state index in [-0.39, 0.29) is 18.0 Å². The van der Waals surface area contributed by atoms with Gasteiger partial charge in [-0.15, -0.1) is 0 Å². The van der Waals surface area contributed by atoms with Crippen molar-refractivity contribution in [3.05, 3.63) is 41.6 Å². The first-order valence-electron chi connectivity index (χ1n) is 9.71. The van der Waals surface area contributed by atoms with E-state index in [4.69, 9.17) is 0 Å². The zero-order chi connectivity index (χ0) is 19.2. The van der Waals surface area contributed by atoms with Gasteiger partial charge in [0, 0.05) is 17.6 Å². The summed E-state index contributed by atoms with van der Waals surface area (Å²) < 4.78 is 0. The topological polar surface area (TPSA) is 86.3 Å². The normalized spacial score (nSPS) is 26.5. The molecule has 0 radical (unpaired) electrons. The molecule has 2 saturated heterocycles. The van der Waals surface area contributed by atoms with E-state index in [1.54, 1.807) is 11.0 Å². The van der Waals surface area contributed by atoms with Gasteiger partial charge in [0.25, 0.3) is 5.91 Å². The summed E-state index contributed by atoms with van der Waals surface area (Å²) in [7, 11) is 0. The summed E-state index contributed by atoms with van der Waals surface area (Å²) >= 11 is 0. The fourth-order valence-corrected chi connectivity index (χ4v) is 4.88. The Bertz CT molecular complexity index is 873. The smallest absolute Gasteiger partial charge is 0.311 e. The van der Waals surface area contributed by atoms with E-state index >= 15 is 0 Å². The molecule has 0 aliphatic carbocycles.